The van der Waals surface area contributed by atoms with Gasteiger partial charge in [-0.15, -0.1) is 0 Å². The number of methoxy groups -OCH3 is 1. The van der Waals surface area contributed by atoms with Gasteiger partial charge in [0.15, 0.2) is 5.82 Å². The second-order valence-electron chi connectivity index (χ2n) is 13.6. The fourth-order valence-electron chi connectivity index (χ4n) is 7.64. The molecule has 45 heavy (non-hydrogen) atoms. The van der Waals surface area contributed by atoms with E-state index in [1.165, 1.54) is 32.5 Å². The quantitative estimate of drug-likeness (QED) is 0.422. The summed E-state index contributed by atoms with van der Waals surface area (Å²) < 4.78 is 5.84. The van der Waals surface area contributed by atoms with Crippen molar-refractivity contribution in [1.29, 1.82) is 0 Å². The molecule has 6 rings (SSSR count). The number of benzene rings is 1. The zero-order valence-corrected chi connectivity index (χ0v) is 27.6. The Hall–Kier alpha value is -3.44. The molecule has 2 amide bonds. The Balaban J connectivity index is 1.30. The van der Waals surface area contributed by atoms with E-state index in [9.17, 15) is 9.59 Å². The molecular weight excluding hydrogens is 568 g/mol. The van der Waals surface area contributed by atoms with Gasteiger partial charge in [0, 0.05) is 63.5 Å². The zero-order valence-electron chi connectivity index (χ0n) is 27.6. The van der Waals surface area contributed by atoms with Gasteiger partial charge < -0.3 is 30.1 Å². The molecule has 11 nitrogen and oxygen atoms in total. The molecule has 2 N–H and O–H groups in total. The Morgan fingerprint density at radius 3 is 2.40 bits per heavy atom. The van der Waals surface area contributed by atoms with Gasteiger partial charge >= 0.3 is 0 Å². The molecule has 1 atom stereocenters. The minimum atomic E-state index is -0.500. The largest absolute Gasteiger partial charge is 0.495 e. The predicted octanol–water partition coefficient (Wildman–Crippen LogP) is 4.03. The first-order valence-electron chi connectivity index (χ1n) is 16.9. The zero-order chi connectivity index (χ0) is 31.8. The van der Waals surface area contributed by atoms with Crippen molar-refractivity contribution in [3.63, 3.8) is 0 Å². The Labute approximate surface area is 267 Å². The van der Waals surface area contributed by atoms with E-state index in [1.807, 2.05) is 13.0 Å². The van der Waals surface area contributed by atoms with E-state index in [2.05, 4.69) is 33.4 Å². The summed E-state index contributed by atoms with van der Waals surface area (Å²) in [7, 11) is 3.42. The third-order valence-corrected chi connectivity index (χ3v) is 10.3. The third kappa shape index (κ3) is 6.34. The van der Waals surface area contributed by atoms with Gasteiger partial charge in [0.05, 0.1) is 19.0 Å². The first kappa shape index (κ1) is 31.5. The number of rotatable bonds is 10. The van der Waals surface area contributed by atoms with Crippen LogP contribution in [-0.2, 0) is 4.79 Å². The Morgan fingerprint density at radius 2 is 1.80 bits per heavy atom. The number of carbonyl (C=O) groups excluding carboxylic acids is 2. The minimum absolute atomic E-state index is 0.0577. The van der Waals surface area contributed by atoms with Gasteiger partial charge in [0.1, 0.15) is 17.5 Å². The number of hydrogen-bond donors (Lipinski definition) is 1. The molecule has 3 fully saturated rings. The molecule has 244 valence electrons. The van der Waals surface area contributed by atoms with Crippen molar-refractivity contribution in [2.24, 2.45) is 11.7 Å². The molecule has 4 aliphatic rings. The van der Waals surface area contributed by atoms with Crippen LogP contribution in [0.5, 0.6) is 5.75 Å². The highest BCUT2D eigenvalue weighted by atomic mass is 16.5. The molecular formula is C34H50N8O3. The van der Waals surface area contributed by atoms with E-state index in [4.69, 9.17) is 20.4 Å². The maximum Gasteiger partial charge on any atom is 0.249 e. The number of carbonyl (C=O) groups is 2. The number of nitrogens with two attached hydrogens (primary N) is 1. The average molecular weight is 619 g/mol. The molecule has 0 spiro atoms. The molecule has 0 unspecified atom stereocenters. The van der Waals surface area contributed by atoms with E-state index in [0.717, 1.165) is 56.2 Å². The Kier molecular flexibility index (Phi) is 9.19. The van der Waals surface area contributed by atoms with Crippen LogP contribution in [-0.4, -0.2) is 103 Å². The highest BCUT2D eigenvalue weighted by Crippen LogP contribution is 2.42. The Bertz CT molecular complexity index is 1380. The van der Waals surface area contributed by atoms with E-state index < -0.39 is 5.91 Å². The number of ether oxygens (including phenoxy) is 1. The summed E-state index contributed by atoms with van der Waals surface area (Å²) in [5.74, 6) is 2.39. The summed E-state index contributed by atoms with van der Waals surface area (Å²) >= 11 is 0. The number of amides is 2. The molecule has 0 bridgehead atoms. The maximum atomic E-state index is 13.3. The van der Waals surface area contributed by atoms with Crippen molar-refractivity contribution in [1.82, 2.24) is 19.8 Å². The van der Waals surface area contributed by atoms with Crippen LogP contribution in [0.3, 0.4) is 0 Å². The fraction of sp³-hybridized carbons (Fsp3) is 0.647. The molecule has 2 aliphatic carbocycles. The van der Waals surface area contributed by atoms with Crippen LogP contribution in [0.2, 0.25) is 0 Å². The Morgan fingerprint density at radius 1 is 1.09 bits per heavy atom. The number of primary amides is 1. The molecule has 1 aromatic carbocycles. The summed E-state index contributed by atoms with van der Waals surface area (Å²) in [6.07, 6.45) is 9.46. The lowest BCUT2D eigenvalue weighted by atomic mass is 9.88. The predicted molar refractivity (Wildman–Crippen MR) is 178 cm³/mol. The second-order valence-corrected chi connectivity index (χ2v) is 13.6. The summed E-state index contributed by atoms with van der Waals surface area (Å²) in [4.78, 5) is 46.8. The number of anilines is 4. The molecule has 11 heteroatoms. The van der Waals surface area contributed by atoms with Crippen LogP contribution >= 0.6 is 0 Å². The average Bonchev–Trinajstić information content (AvgIpc) is 3.87. The third-order valence-electron chi connectivity index (χ3n) is 10.3. The van der Waals surface area contributed by atoms with E-state index in [0.29, 0.717) is 35.4 Å². The second kappa shape index (κ2) is 13.1. The smallest absolute Gasteiger partial charge is 0.249 e. The number of nitrogens with zero attached hydrogens (tertiary/aromatic N) is 7. The van der Waals surface area contributed by atoms with Crippen LogP contribution in [0.4, 0.5) is 23.1 Å². The fourth-order valence-corrected chi connectivity index (χ4v) is 7.64. The standard InChI is InChI=1S/C34H50N8O3/c1-6-27-33(44)38(4)29-20-36-34(37-32(29)41(27)22(2)3)42(28-14-9-24(31(35)43)19-30(28)45-5)26-12-10-25(11-13-26)40-17-15-39(16-18-40)21-23-7-8-23/h9,14,19-20,22-23,25-27H,6-8,10-13,15-18,21H2,1-5H3,(H2,35,43)/t25?,26?,27-/m1/s1. The summed E-state index contributed by atoms with van der Waals surface area (Å²) in [5, 5.41) is 0. The van der Waals surface area contributed by atoms with Crippen molar-refractivity contribution < 1.29 is 14.3 Å². The molecule has 2 aliphatic heterocycles. The maximum absolute atomic E-state index is 13.3. The molecule has 0 radical (unpaired) electrons. The van der Waals surface area contributed by atoms with Gasteiger partial charge in [0.25, 0.3) is 0 Å². The summed E-state index contributed by atoms with van der Waals surface area (Å²) in [5.41, 5.74) is 7.54. The van der Waals surface area contributed by atoms with Crippen LogP contribution in [0, 0.1) is 5.92 Å². The van der Waals surface area contributed by atoms with Crippen molar-refractivity contribution in [3.05, 3.63) is 30.0 Å². The van der Waals surface area contributed by atoms with Crippen LogP contribution in [0.15, 0.2) is 24.4 Å². The molecule has 2 aromatic rings. The highest BCUT2D eigenvalue weighted by Gasteiger charge is 2.40. The van der Waals surface area contributed by atoms with Gasteiger partial charge in [-0.2, -0.15) is 4.98 Å². The molecule has 1 saturated heterocycles. The lowest BCUT2D eigenvalue weighted by Crippen LogP contribution is -2.55. The molecule has 2 saturated carbocycles. The van der Waals surface area contributed by atoms with Gasteiger partial charge in [-0.05, 0) is 82.9 Å². The van der Waals surface area contributed by atoms with Gasteiger partial charge in [-0.1, -0.05) is 6.92 Å². The van der Waals surface area contributed by atoms with Crippen LogP contribution < -0.4 is 25.2 Å². The summed E-state index contributed by atoms with van der Waals surface area (Å²) in [6.45, 7) is 12.2. The van der Waals surface area contributed by atoms with Gasteiger partial charge in [-0.3, -0.25) is 14.5 Å². The topological polar surface area (TPSA) is 111 Å². The summed E-state index contributed by atoms with van der Waals surface area (Å²) in [6, 6.07) is 5.86. The first-order valence-corrected chi connectivity index (χ1v) is 16.9. The number of piperazine rings is 1. The van der Waals surface area contributed by atoms with Crippen LogP contribution in [0.1, 0.15) is 76.1 Å². The monoisotopic (exact) mass is 618 g/mol. The van der Waals surface area contributed by atoms with Gasteiger partial charge in [0.2, 0.25) is 17.8 Å². The number of aromatic nitrogens is 2. The van der Waals surface area contributed by atoms with Crippen molar-refractivity contribution >= 4 is 35.0 Å². The van der Waals surface area contributed by atoms with Crippen LogP contribution in [0.25, 0.3) is 0 Å². The van der Waals surface area contributed by atoms with E-state index in [1.54, 1.807) is 37.4 Å². The lowest BCUT2D eigenvalue weighted by Gasteiger charge is -2.45. The van der Waals surface area contributed by atoms with Crippen molar-refractivity contribution in [2.45, 2.75) is 89.9 Å². The highest BCUT2D eigenvalue weighted by molar-refractivity contribution is 6.04. The van der Waals surface area contributed by atoms with Gasteiger partial charge in [-0.25, -0.2) is 4.98 Å². The number of fused-ring (bicyclic) bond motifs is 1. The van der Waals surface area contributed by atoms with Crippen molar-refractivity contribution in [2.75, 3.05) is 61.6 Å². The number of hydrogen-bond acceptors (Lipinski definition) is 9. The first-order chi connectivity index (χ1) is 21.7. The number of likely N-dealkylation sites (N-methyl/N-ethyl adjacent to an activating group) is 1. The van der Waals surface area contributed by atoms with Crippen molar-refractivity contribution in [3.8, 4) is 5.75 Å². The molecule has 3 heterocycles. The normalized spacial score (nSPS) is 24.6. The van der Waals surface area contributed by atoms with E-state index in [-0.39, 0.29) is 24.0 Å². The minimum Gasteiger partial charge on any atom is -0.495 e. The SMILES string of the molecule is CC[C@@H]1C(=O)N(C)c2cnc(N(c3ccc(C(N)=O)cc3OC)C3CCC(N4CCN(CC5CC5)CC4)CC3)nc2N1C(C)C. The van der Waals surface area contributed by atoms with E-state index >= 15 is 0 Å². The molecule has 1 aromatic heterocycles. The lowest BCUT2D eigenvalue weighted by molar-refractivity contribution is -0.120.